The van der Waals surface area contributed by atoms with Crippen LogP contribution in [0.1, 0.15) is 6.92 Å². The number of nitrogens with one attached hydrogen (secondary N) is 1. The van der Waals surface area contributed by atoms with Crippen LogP contribution in [0.3, 0.4) is 0 Å². The molecule has 2 amide bonds. The van der Waals surface area contributed by atoms with Gasteiger partial charge < -0.3 is 5.32 Å². The fourth-order valence-corrected chi connectivity index (χ4v) is 2.38. The largest absolute Gasteiger partial charge is 0.356 e. The van der Waals surface area contributed by atoms with Gasteiger partial charge in [-0.3, -0.25) is 4.84 Å². The number of amides is 2. The van der Waals surface area contributed by atoms with E-state index in [4.69, 9.17) is 4.84 Å². The normalized spacial score (nSPS) is 10.9. The van der Waals surface area contributed by atoms with Gasteiger partial charge in [-0.1, -0.05) is 22.7 Å². The van der Waals surface area contributed by atoms with Crippen LogP contribution in [0.2, 0.25) is 0 Å². The summed E-state index contributed by atoms with van der Waals surface area (Å²) in [5, 5.41) is 2.21. The molecule has 7 heteroatoms. The molecule has 0 bridgehead atoms. The molecule has 0 aliphatic heterocycles. The SMILES string of the molecule is CCON(C(=O)NC)S(=O)(=O)c1ccccc1. The summed E-state index contributed by atoms with van der Waals surface area (Å²) in [7, 11) is -2.65. The highest BCUT2D eigenvalue weighted by Crippen LogP contribution is 2.15. The van der Waals surface area contributed by atoms with Gasteiger partial charge in [0.05, 0.1) is 11.5 Å². The lowest BCUT2D eigenvalue weighted by molar-refractivity contribution is -0.0409. The first-order chi connectivity index (χ1) is 8.04. The zero-order valence-corrected chi connectivity index (χ0v) is 10.4. The predicted octanol–water partition coefficient (Wildman–Crippen LogP) is 0.968. The Morgan fingerprint density at radius 3 is 2.41 bits per heavy atom. The highest BCUT2D eigenvalue weighted by molar-refractivity contribution is 7.89. The Morgan fingerprint density at radius 2 is 1.94 bits per heavy atom. The van der Waals surface area contributed by atoms with E-state index in [2.05, 4.69) is 5.32 Å². The number of rotatable bonds is 4. The number of urea groups is 1. The highest BCUT2D eigenvalue weighted by atomic mass is 32.2. The average Bonchev–Trinajstić information content (AvgIpc) is 2.36. The van der Waals surface area contributed by atoms with Gasteiger partial charge in [0.2, 0.25) is 0 Å². The number of hydrogen-bond donors (Lipinski definition) is 1. The molecule has 0 saturated carbocycles. The molecule has 1 rings (SSSR count). The Bertz CT molecular complexity index is 472. The number of benzene rings is 1. The number of carbonyl (C=O) groups excluding carboxylic acids is 1. The summed E-state index contributed by atoms with van der Waals surface area (Å²) < 4.78 is 24.5. The minimum atomic E-state index is -3.98. The number of nitrogens with zero attached hydrogens (tertiary/aromatic N) is 1. The Morgan fingerprint density at radius 1 is 1.35 bits per heavy atom. The maximum absolute atomic E-state index is 12.1. The van der Waals surface area contributed by atoms with E-state index in [0.717, 1.165) is 0 Å². The van der Waals surface area contributed by atoms with E-state index in [1.54, 1.807) is 25.1 Å². The molecule has 0 fully saturated rings. The predicted molar refractivity (Wildman–Crippen MR) is 61.5 cm³/mol. The molecule has 0 spiro atoms. The summed E-state index contributed by atoms with van der Waals surface area (Å²) >= 11 is 0. The lowest BCUT2D eigenvalue weighted by Gasteiger charge is -2.19. The summed E-state index contributed by atoms with van der Waals surface area (Å²) in [5.41, 5.74) is 0. The molecule has 0 aliphatic carbocycles. The van der Waals surface area contributed by atoms with E-state index in [1.165, 1.54) is 19.2 Å². The van der Waals surface area contributed by atoms with Crippen molar-refractivity contribution in [2.75, 3.05) is 13.7 Å². The molecule has 6 nitrogen and oxygen atoms in total. The van der Waals surface area contributed by atoms with Gasteiger partial charge in [-0.2, -0.15) is 8.42 Å². The Kier molecular flexibility index (Phi) is 4.47. The first kappa shape index (κ1) is 13.5. The van der Waals surface area contributed by atoms with Crippen LogP contribution < -0.4 is 5.32 Å². The fraction of sp³-hybridized carbons (Fsp3) is 0.300. The van der Waals surface area contributed by atoms with E-state index in [9.17, 15) is 13.2 Å². The molecule has 1 N–H and O–H groups in total. The Balaban J connectivity index is 3.14. The lowest BCUT2D eigenvalue weighted by Crippen LogP contribution is -2.42. The third-order valence-electron chi connectivity index (χ3n) is 1.89. The molecule has 0 aliphatic rings. The smallest absolute Gasteiger partial charge is 0.338 e. The summed E-state index contributed by atoms with van der Waals surface area (Å²) in [5.74, 6) is 0. The molecular formula is C10H14N2O4S. The van der Waals surface area contributed by atoms with E-state index in [0.29, 0.717) is 4.47 Å². The van der Waals surface area contributed by atoms with Gasteiger partial charge >= 0.3 is 6.03 Å². The van der Waals surface area contributed by atoms with Gasteiger partial charge in [0.25, 0.3) is 10.0 Å². The second-order valence-electron chi connectivity index (χ2n) is 3.02. The number of carbonyl (C=O) groups is 1. The molecule has 1 aromatic carbocycles. The quantitative estimate of drug-likeness (QED) is 0.816. The highest BCUT2D eigenvalue weighted by Gasteiger charge is 2.29. The van der Waals surface area contributed by atoms with E-state index in [1.807, 2.05) is 0 Å². The maximum Gasteiger partial charge on any atom is 0.356 e. The molecule has 0 atom stereocenters. The zero-order valence-electron chi connectivity index (χ0n) is 9.58. The summed E-state index contributed by atoms with van der Waals surface area (Å²) in [4.78, 5) is 16.3. The molecule has 1 aromatic rings. The fourth-order valence-electron chi connectivity index (χ4n) is 1.13. The van der Waals surface area contributed by atoms with Crippen molar-refractivity contribution in [3.05, 3.63) is 30.3 Å². The van der Waals surface area contributed by atoms with Crippen molar-refractivity contribution in [2.24, 2.45) is 0 Å². The van der Waals surface area contributed by atoms with Crippen LogP contribution in [-0.4, -0.2) is 32.6 Å². The van der Waals surface area contributed by atoms with Crippen LogP contribution in [0.4, 0.5) is 4.79 Å². The molecule has 94 valence electrons. The second kappa shape index (κ2) is 5.65. The van der Waals surface area contributed by atoms with Crippen LogP contribution in [0, 0.1) is 0 Å². The zero-order chi connectivity index (χ0) is 12.9. The third kappa shape index (κ3) is 2.95. The summed E-state index contributed by atoms with van der Waals surface area (Å²) in [6.45, 7) is 1.66. The summed E-state index contributed by atoms with van der Waals surface area (Å²) in [6, 6.07) is 6.77. The van der Waals surface area contributed by atoms with E-state index < -0.39 is 16.1 Å². The van der Waals surface area contributed by atoms with Crippen LogP contribution in [0.15, 0.2) is 35.2 Å². The first-order valence-corrected chi connectivity index (χ1v) is 6.43. The van der Waals surface area contributed by atoms with Crippen molar-refractivity contribution in [1.82, 2.24) is 9.79 Å². The van der Waals surface area contributed by atoms with Gasteiger partial charge in [0.1, 0.15) is 0 Å². The van der Waals surface area contributed by atoms with Crippen LogP contribution in [-0.2, 0) is 14.9 Å². The van der Waals surface area contributed by atoms with E-state index >= 15 is 0 Å². The number of sulfonamides is 1. The first-order valence-electron chi connectivity index (χ1n) is 4.99. The topological polar surface area (TPSA) is 75.7 Å². The number of hydrogen-bond acceptors (Lipinski definition) is 4. The van der Waals surface area contributed by atoms with Gasteiger partial charge in [-0.05, 0) is 19.1 Å². The third-order valence-corrected chi connectivity index (χ3v) is 3.46. The van der Waals surface area contributed by atoms with Crippen molar-refractivity contribution in [2.45, 2.75) is 11.8 Å². The molecular weight excluding hydrogens is 244 g/mol. The Hall–Kier alpha value is -1.60. The maximum atomic E-state index is 12.1. The lowest BCUT2D eigenvalue weighted by atomic mass is 10.4. The van der Waals surface area contributed by atoms with Crippen LogP contribution in [0.25, 0.3) is 0 Å². The Labute approximate surface area is 100 Å². The molecule has 17 heavy (non-hydrogen) atoms. The van der Waals surface area contributed by atoms with Crippen LogP contribution in [0.5, 0.6) is 0 Å². The van der Waals surface area contributed by atoms with E-state index in [-0.39, 0.29) is 11.5 Å². The minimum Gasteiger partial charge on any atom is -0.338 e. The standard InChI is InChI=1S/C10H14N2O4S/c1-3-16-12(10(13)11-2)17(14,15)9-7-5-4-6-8-9/h4-8H,3H2,1-2H3,(H,11,13). The molecule has 0 saturated heterocycles. The molecule has 0 aromatic heterocycles. The second-order valence-corrected chi connectivity index (χ2v) is 4.77. The molecule has 0 radical (unpaired) electrons. The van der Waals surface area contributed by atoms with Crippen molar-refractivity contribution >= 4 is 16.1 Å². The van der Waals surface area contributed by atoms with Gasteiger partial charge in [-0.25, -0.2) is 4.79 Å². The van der Waals surface area contributed by atoms with Crippen LogP contribution >= 0.6 is 0 Å². The average molecular weight is 258 g/mol. The van der Waals surface area contributed by atoms with Gasteiger partial charge in [0.15, 0.2) is 0 Å². The minimum absolute atomic E-state index is 0.00273. The van der Waals surface area contributed by atoms with Crippen molar-refractivity contribution in [1.29, 1.82) is 0 Å². The van der Waals surface area contributed by atoms with Gasteiger partial charge in [-0.15, -0.1) is 0 Å². The van der Waals surface area contributed by atoms with Crippen molar-refractivity contribution in [3.8, 4) is 0 Å². The van der Waals surface area contributed by atoms with Crippen molar-refractivity contribution < 1.29 is 18.0 Å². The monoisotopic (exact) mass is 258 g/mol. The van der Waals surface area contributed by atoms with Gasteiger partial charge in [0, 0.05) is 7.05 Å². The molecule has 0 unspecified atom stereocenters. The molecule has 0 heterocycles. The number of hydroxylamine groups is 1. The summed E-state index contributed by atoms with van der Waals surface area (Å²) in [6.07, 6.45) is 0. The van der Waals surface area contributed by atoms with Crippen molar-refractivity contribution in [3.63, 3.8) is 0 Å².